The van der Waals surface area contributed by atoms with Gasteiger partial charge in [0.25, 0.3) is 0 Å². The van der Waals surface area contributed by atoms with Crippen LogP contribution in [0.15, 0.2) is 24.3 Å². The molecule has 2 nitrogen and oxygen atoms in total. The van der Waals surface area contributed by atoms with Gasteiger partial charge in [-0.05, 0) is 37.7 Å². The Morgan fingerprint density at radius 3 is 2.71 bits per heavy atom. The Bertz CT molecular complexity index is 322. The van der Waals surface area contributed by atoms with Gasteiger partial charge in [0.2, 0.25) is 0 Å². The highest BCUT2D eigenvalue weighted by atomic mass is 15.2. The van der Waals surface area contributed by atoms with E-state index in [0.29, 0.717) is 6.04 Å². The van der Waals surface area contributed by atoms with Crippen LogP contribution in [-0.4, -0.2) is 6.04 Å². The van der Waals surface area contributed by atoms with Crippen LogP contribution in [0.4, 0.5) is 0 Å². The molecule has 0 aliphatic heterocycles. The second-order valence-corrected chi connectivity index (χ2v) is 5.14. The van der Waals surface area contributed by atoms with Gasteiger partial charge in [0.15, 0.2) is 0 Å². The summed E-state index contributed by atoms with van der Waals surface area (Å²) in [4.78, 5) is 0. The van der Waals surface area contributed by atoms with E-state index in [9.17, 15) is 0 Å². The Hall–Kier alpha value is -0.860. The van der Waals surface area contributed by atoms with Crippen molar-refractivity contribution in [2.24, 2.45) is 11.8 Å². The van der Waals surface area contributed by atoms with E-state index in [0.717, 1.165) is 18.8 Å². The van der Waals surface area contributed by atoms with E-state index in [-0.39, 0.29) is 0 Å². The lowest BCUT2D eigenvalue weighted by atomic mass is 9.95. The lowest BCUT2D eigenvalue weighted by molar-refractivity contribution is 0.381. The average Bonchev–Trinajstić information content (AvgIpc) is 2.34. The number of nitrogens with one attached hydrogen (secondary N) is 1. The molecule has 0 spiro atoms. The van der Waals surface area contributed by atoms with Gasteiger partial charge in [-0.1, -0.05) is 50.1 Å². The molecule has 0 aromatic heterocycles. The van der Waals surface area contributed by atoms with Crippen molar-refractivity contribution in [3.8, 4) is 0 Å². The van der Waals surface area contributed by atoms with Crippen molar-refractivity contribution < 1.29 is 0 Å². The summed E-state index contributed by atoms with van der Waals surface area (Å²) in [5.74, 6) is 6.36. The minimum Gasteiger partial charge on any atom is -0.271 e. The highest BCUT2D eigenvalue weighted by Gasteiger charge is 2.10. The van der Waals surface area contributed by atoms with Crippen LogP contribution in [-0.2, 0) is 6.42 Å². The first-order valence-corrected chi connectivity index (χ1v) is 6.67. The predicted molar refractivity (Wildman–Crippen MR) is 74.7 cm³/mol. The Balaban J connectivity index is 2.42. The number of aryl methyl sites for hydroxylation is 2. The van der Waals surface area contributed by atoms with Crippen LogP contribution >= 0.6 is 0 Å². The molecule has 1 aromatic carbocycles. The van der Waals surface area contributed by atoms with E-state index in [1.807, 2.05) is 0 Å². The fraction of sp³-hybridized carbons (Fsp3) is 0.600. The van der Waals surface area contributed by atoms with Crippen LogP contribution in [0.3, 0.4) is 0 Å². The van der Waals surface area contributed by atoms with Crippen molar-refractivity contribution in [2.45, 2.75) is 52.5 Å². The number of benzene rings is 1. The number of hydrazine groups is 1. The van der Waals surface area contributed by atoms with Crippen molar-refractivity contribution in [3.63, 3.8) is 0 Å². The van der Waals surface area contributed by atoms with Crippen LogP contribution in [0.5, 0.6) is 0 Å². The summed E-state index contributed by atoms with van der Waals surface area (Å²) in [5, 5.41) is 0. The number of nitrogens with two attached hydrogens (primary N) is 1. The molecule has 0 saturated carbocycles. The van der Waals surface area contributed by atoms with Crippen LogP contribution in [0.1, 0.15) is 44.2 Å². The lowest BCUT2D eigenvalue weighted by Crippen LogP contribution is -2.36. The first-order valence-electron chi connectivity index (χ1n) is 6.67. The summed E-state index contributed by atoms with van der Waals surface area (Å²) >= 11 is 0. The molecule has 0 aliphatic carbocycles. The molecule has 0 heterocycles. The third kappa shape index (κ3) is 5.33. The summed E-state index contributed by atoms with van der Waals surface area (Å²) in [5.41, 5.74) is 5.70. The zero-order valence-corrected chi connectivity index (χ0v) is 11.4. The first kappa shape index (κ1) is 14.2. The van der Waals surface area contributed by atoms with Crippen molar-refractivity contribution in [3.05, 3.63) is 35.4 Å². The molecule has 0 fully saturated rings. The summed E-state index contributed by atoms with van der Waals surface area (Å²) in [7, 11) is 0. The Kier molecular flexibility index (Phi) is 6.23. The van der Waals surface area contributed by atoms with Gasteiger partial charge in [0, 0.05) is 6.04 Å². The second kappa shape index (κ2) is 7.46. The summed E-state index contributed by atoms with van der Waals surface area (Å²) in [6, 6.07) is 9.16. The molecule has 0 bridgehead atoms. The monoisotopic (exact) mass is 234 g/mol. The quantitative estimate of drug-likeness (QED) is 0.561. The molecule has 0 amide bonds. The Morgan fingerprint density at radius 2 is 2.12 bits per heavy atom. The van der Waals surface area contributed by atoms with Crippen molar-refractivity contribution in [1.29, 1.82) is 0 Å². The van der Waals surface area contributed by atoms with Gasteiger partial charge in [-0.15, -0.1) is 0 Å². The lowest BCUT2D eigenvalue weighted by Gasteiger charge is -2.19. The minimum absolute atomic E-state index is 0.436. The molecule has 0 radical (unpaired) electrons. The number of rotatable bonds is 7. The maximum atomic E-state index is 5.62. The van der Waals surface area contributed by atoms with Gasteiger partial charge >= 0.3 is 0 Å². The molecule has 1 rings (SSSR count). The van der Waals surface area contributed by atoms with E-state index in [2.05, 4.69) is 50.5 Å². The highest BCUT2D eigenvalue weighted by molar-refractivity contribution is 5.22. The molecular weight excluding hydrogens is 208 g/mol. The summed E-state index contributed by atoms with van der Waals surface area (Å²) < 4.78 is 0. The van der Waals surface area contributed by atoms with Crippen LogP contribution in [0.25, 0.3) is 0 Å². The Labute approximate surface area is 106 Å². The van der Waals surface area contributed by atoms with Crippen LogP contribution in [0.2, 0.25) is 0 Å². The fourth-order valence-corrected chi connectivity index (χ4v) is 2.13. The van der Waals surface area contributed by atoms with E-state index in [1.165, 1.54) is 24.0 Å². The standard InChI is InChI=1S/C15H26N2/c1-4-12(2)11-15(17-16)9-8-14-7-5-6-13(3)10-14/h5-7,10,12,15,17H,4,8-9,11,16H2,1-3H3. The van der Waals surface area contributed by atoms with Crippen molar-refractivity contribution in [1.82, 2.24) is 5.43 Å². The second-order valence-electron chi connectivity index (χ2n) is 5.14. The van der Waals surface area contributed by atoms with E-state index < -0.39 is 0 Å². The van der Waals surface area contributed by atoms with Gasteiger partial charge in [0.05, 0.1) is 0 Å². The molecular formula is C15H26N2. The third-order valence-corrected chi connectivity index (χ3v) is 3.48. The van der Waals surface area contributed by atoms with E-state index in [4.69, 9.17) is 5.84 Å². The molecule has 0 aliphatic rings. The zero-order chi connectivity index (χ0) is 12.7. The topological polar surface area (TPSA) is 38.0 Å². The molecule has 17 heavy (non-hydrogen) atoms. The van der Waals surface area contributed by atoms with Gasteiger partial charge < -0.3 is 0 Å². The molecule has 3 N–H and O–H groups in total. The van der Waals surface area contributed by atoms with Crippen LogP contribution in [0, 0.1) is 12.8 Å². The third-order valence-electron chi connectivity index (χ3n) is 3.48. The molecule has 2 heteroatoms. The molecule has 2 unspecified atom stereocenters. The van der Waals surface area contributed by atoms with Crippen molar-refractivity contribution >= 4 is 0 Å². The van der Waals surface area contributed by atoms with E-state index >= 15 is 0 Å². The van der Waals surface area contributed by atoms with Gasteiger partial charge in [-0.25, -0.2) is 0 Å². The maximum Gasteiger partial charge on any atom is 0.0216 e. The van der Waals surface area contributed by atoms with Gasteiger partial charge in [0.1, 0.15) is 0 Å². The SMILES string of the molecule is CCC(C)CC(CCc1cccc(C)c1)NN. The molecule has 1 aromatic rings. The predicted octanol–water partition coefficient (Wildman–Crippen LogP) is 3.20. The molecule has 96 valence electrons. The van der Waals surface area contributed by atoms with Gasteiger partial charge in [-0.3, -0.25) is 11.3 Å². The van der Waals surface area contributed by atoms with E-state index in [1.54, 1.807) is 0 Å². The average molecular weight is 234 g/mol. The highest BCUT2D eigenvalue weighted by Crippen LogP contribution is 2.14. The Morgan fingerprint density at radius 1 is 1.35 bits per heavy atom. The largest absolute Gasteiger partial charge is 0.271 e. The molecule has 2 atom stereocenters. The number of hydrogen-bond acceptors (Lipinski definition) is 2. The first-order chi connectivity index (χ1) is 8.15. The zero-order valence-electron chi connectivity index (χ0n) is 11.4. The summed E-state index contributed by atoms with van der Waals surface area (Å²) in [6.45, 7) is 6.66. The maximum absolute atomic E-state index is 5.62. The molecule has 0 saturated heterocycles. The summed E-state index contributed by atoms with van der Waals surface area (Å²) in [6.07, 6.45) is 4.61. The minimum atomic E-state index is 0.436. The van der Waals surface area contributed by atoms with Gasteiger partial charge in [-0.2, -0.15) is 0 Å². The number of hydrogen-bond donors (Lipinski definition) is 2. The van der Waals surface area contributed by atoms with Crippen molar-refractivity contribution in [2.75, 3.05) is 0 Å². The van der Waals surface area contributed by atoms with Crippen LogP contribution < -0.4 is 11.3 Å². The smallest absolute Gasteiger partial charge is 0.0216 e. The fourth-order valence-electron chi connectivity index (χ4n) is 2.13. The normalized spacial score (nSPS) is 14.6.